The summed E-state index contributed by atoms with van der Waals surface area (Å²) >= 11 is 0. The summed E-state index contributed by atoms with van der Waals surface area (Å²) in [6.07, 6.45) is 8.62. The van der Waals surface area contributed by atoms with Crippen LogP contribution in [0.4, 0.5) is 9.59 Å². The first-order valence-electron chi connectivity index (χ1n) is 19.5. The molecule has 8 aliphatic rings. The zero-order chi connectivity index (χ0) is 34.0. The van der Waals surface area contributed by atoms with Crippen molar-refractivity contribution in [2.45, 2.75) is 149 Å². The van der Waals surface area contributed by atoms with Crippen molar-refractivity contribution in [3.63, 3.8) is 0 Å². The van der Waals surface area contributed by atoms with Crippen molar-refractivity contribution in [2.24, 2.45) is 56.7 Å². The van der Waals surface area contributed by atoms with Crippen LogP contribution in [0.1, 0.15) is 113 Å². The number of nitrogens with one attached hydrogen (secondary N) is 1. The molecule has 9 heteroatoms. The molecule has 2 spiro atoms. The van der Waals surface area contributed by atoms with Gasteiger partial charge in [0.05, 0.1) is 31.0 Å². The molecule has 0 radical (unpaired) electrons. The highest BCUT2D eigenvalue weighted by Gasteiger charge is 2.84. The van der Waals surface area contributed by atoms with E-state index in [1.165, 1.54) is 12.8 Å². The predicted molar refractivity (Wildman–Crippen MR) is 180 cm³/mol. The second-order valence-corrected chi connectivity index (χ2v) is 19.1. The lowest BCUT2D eigenvalue weighted by molar-refractivity contribution is -0.185. The number of rotatable bonds is 5. The van der Waals surface area contributed by atoms with Gasteiger partial charge in [0.25, 0.3) is 0 Å². The third kappa shape index (κ3) is 4.43. The summed E-state index contributed by atoms with van der Waals surface area (Å²) in [6.45, 7) is 19.0. The Labute approximate surface area is 287 Å². The Morgan fingerprint density at radius 2 is 1.71 bits per heavy atom. The van der Waals surface area contributed by atoms with Crippen molar-refractivity contribution in [1.29, 1.82) is 0 Å². The highest BCUT2D eigenvalue weighted by molar-refractivity contribution is 5.69. The van der Waals surface area contributed by atoms with Gasteiger partial charge in [-0.25, -0.2) is 9.59 Å². The van der Waals surface area contributed by atoms with Crippen LogP contribution in [0.25, 0.3) is 0 Å². The quantitative estimate of drug-likeness (QED) is 0.342. The zero-order valence-electron chi connectivity index (χ0n) is 30.6. The molecule has 8 fully saturated rings. The van der Waals surface area contributed by atoms with E-state index in [9.17, 15) is 14.7 Å². The van der Waals surface area contributed by atoms with Crippen LogP contribution in [0.15, 0.2) is 0 Å². The minimum atomic E-state index is -0.552. The number of alkyl carbamates (subject to hydrolysis) is 1. The van der Waals surface area contributed by atoms with E-state index < -0.39 is 6.10 Å². The van der Waals surface area contributed by atoms with Gasteiger partial charge >= 0.3 is 12.2 Å². The van der Waals surface area contributed by atoms with Crippen LogP contribution in [-0.4, -0.2) is 85.1 Å². The summed E-state index contributed by atoms with van der Waals surface area (Å²) in [4.78, 5) is 27.7. The molecule has 3 aliphatic heterocycles. The lowest BCUT2D eigenvalue weighted by Crippen LogP contribution is -2.60. The van der Waals surface area contributed by atoms with E-state index in [-0.39, 0.29) is 81.6 Å². The van der Waals surface area contributed by atoms with Gasteiger partial charge in [-0.05, 0) is 110 Å². The van der Waals surface area contributed by atoms with Gasteiger partial charge in [0, 0.05) is 30.5 Å². The molecule has 2 amide bonds. The fraction of sp³-hybridized carbons (Fsp3) is 0.949. The number of ether oxygens (including phenoxy) is 4. The van der Waals surface area contributed by atoms with Gasteiger partial charge in [0.15, 0.2) is 0 Å². The van der Waals surface area contributed by atoms with E-state index in [2.05, 4.69) is 53.8 Å². The normalized spacial score (nSPS) is 50.5. The summed E-state index contributed by atoms with van der Waals surface area (Å²) in [5, 5.41) is 15.7. The molecule has 14 atom stereocenters. The first kappa shape index (κ1) is 33.6. The van der Waals surface area contributed by atoms with E-state index >= 15 is 0 Å². The molecule has 3 heterocycles. The van der Waals surface area contributed by atoms with E-state index in [4.69, 9.17) is 18.9 Å². The third-order valence-electron chi connectivity index (χ3n) is 16.6. The second-order valence-electron chi connectivity index (χ2n) is 19.1. The van der Waals surface area contributed by atoms with Crippen LogP contribution in [0, 0.1) is 56.7 Å². The highest BCUT2D eigenvalue weighted by Crippen LogP contribution is 2.89. The van der Waals surface area contributed by atoms with Gasteiger partial charge in [-0.2, -0.15) is 0 Å². The smallest absolute Gasteiger partial charge is 0.410 e. The lowest BCUT2D eigenvalue weighted by Gasteiger charge is -2.63. The Bertz CT molecular complexity index is 1300. The number of amides is 2. The maximum absolute atomic E-state index is 13.0. The van der Waals surface area contributed by atoms with Crippen molar-refractivity contribution < 1.29 is 33.6 Å². The van der Waals surface area contributed by atoms with Crippen LogP contribution in [0.2, 0.25) is 0 Å². The van der Waals surface area contributed by atoms with Crippen molar-refractivity contribution in [3.05, 3.63) is 0 Å². The Balaban J connectivity index is 1.02. The van der Waals surface area contributed by atoms with Crippen LogP contribution in [0.5, 0.6) is 0 Å². The minimum absolute atomic E-state index is 0.0203. The second kappa shape index (κ2) is 11.2. The first-order chi connectivity index (χ1) is 22.7. The van der Waals surface area contributed by atoms with Gasteiger partial charge in [-0.15, -0.1) is 0 Å². The SMILES string of the molecule is CC(C)[C@@H](OC(=O)N1CCC1)C1C[C@@H](C)[C@H]2C(O1)[C@H](O)[C@@]1(C)C3CC[C@H]4C(C)(C)C(OC(=O)NC5CCOC5)CCC45CC35CCC21C. The van der Waals surface area contributed by atoms with Gasteiger partial charge in [0.1, 0.15) is 12.2 Å². The number of likely N-dealkylation sites (tertiary alicyclic amines) is 1. The third-order valence-corrected chi connectivity index (χ3v) is 16.6. The summed E-state index contributed by atoms with van der Waals surface area (Å²) < 4.78 is 24.8. The number of nitrogens with zero attached hydrogens (tertiary/aromatic N) is 1. The predicted octanol–water partition coefficient (Wildman–Crippen LogP) is 6.55. The van der Waals surface area contributed by atoms with Crippen LogP contribution in [0.3, 0.4) is 0 Å². The number of carbonyl (C=O) groups is 2. The Kier molecular flexibility index (Phi) is 7.84. The Hall–Kier alpha value is -1.58. The Morgan fingerprint density at radius 1 is 0.979 bits per heavy atom. The Morgan fingerprint density at radius 3 is 2.38 bits per heavy atom. The first-order valence-corrected chi connectivity index (χ1v) is 19.5. The molecular formula is C39H62N2O7. The molecule has 48 heavy (non-hydrogen) atoms. The summed E-state index contributed by atoms with van der Waals surface area (Å²) in [5.74, 6) is 1.72. The van der Waals surface area contributed by atoms with E-state index in [0.717, 1.165) is 64.5 Å². The molecule has 270 valence electrons. The van der Waals surface area contributed by atoms with Crippen molar-refractivity contribution in [3.8, 4) is 0 Å². The zero-order valence-corrected chi connectivity index (χ0v) is 30.6. The average molecular weight is 671 g/mol. The molecule has 5 aliphatic carbocycles. The standard InChI is InChI=1S/C39H62N2O7/c1-22(2)30(48-34(44)41-16-8-17-41)25-19-23(3)29-31(46-25)32(42)37(7)27-10-9-26-35(4,5)28(47-33(43)40-24-12-18-45-20-24)11-13-38(26)21-39(27,38)15-14-36(29,37)6/h22-32,42H,8-21H2,1-7H3,(H,40,43)/t23-,24?,25?,26+,27?,28?,29+,30-,31?,32+,36?,37-,38?,39?/m1/s1. The fourth-order valence-electron chi connectivity index (χ4n) is 14.0. The molecule has 8 unspecified atom stereocenters. The lowest BCUT2D eigenvalue weighted by atomic mass is 9.41. The molecule has 9 nitrogen and oxygen atoms in total. The number of fused-ring (bicyclic) bond motifs is 4. The summed E-state index contributed by atoms with van der Waals surface area (Å²) in [5.41, 5.74) is 0.119. The molecule has 0 aromatic rings. The fourth-order valence-corrected chi connectivity index (χ4v) is 14.0. The van der Waals surface area contributed by atoms with Gasteiger partial charge < -0.3 is 34.3 Å². The number of aliphatic hydroxyl groups is 1. The van der Waals surface area contributed by atoms with Crippen molar-refractivity contribution >= 4 is 12.2 Å². The molecule has 0 bridgehead atoms. The van der Waals surface area contributed by atoms with Gasteiger partial charge in [-0.1, -0.05) is 48.5 Å². The maximum atomic E-state index is 13.0. The van der Waals surface area contributed by atoms with Crippen LogP contribution < -0.4 is 5.32 Å². The molecule has 8 rings (SSSR count). The number of aliphatic hydroxyl groups excluding tert-OH is 1. The molecule has 0 aromatic heterocycles. The summed E-state index contributed by atoms with van der Waals surface area (Å²) in [7, 11) is 0. The van der Waals surface area contributed by atoms with Gasteiger partial charge in [-0.3, -0.25) is 0 Å². The maximum Gasteiger partial charge on any atom is 0.410 e. The van der Waals surface area contributed by atoms with Crippen molar-refractivity contribution in [1.82, 2.24) is 10.2 Å². The molecule has 3 saturated heterocycles. The largest absolute Gasteiger partial charge is 0.446 e. The molecule has 5 saturated carbocycles. The monoisotopic (exact) mass is 670 g/mol. The van der Waals surface area contributed by atoms with Crippen molar-refractivity contribution in [2.75, 3.05) is 26.3 Å². The minimum Gasteiger partial charge on any atom is -0.446 e. The molecular weight excluding hydrogens is 608 g/mol. The van der Waals surface area contributed by atoms with E-state index in [1.807, 2.05) is 0 Å². The molecule has 2 N–H and O–H groups in total. The number of carbonyl (C=O) groups excluding carboxylic acids is 2. The number of hydrogen-bond acceptors (Lipinski definition) is 7. The van der Waals surface area contributed by atoms with E-state index in [1.54, 1.807) is 4.90 Å². The molecule has 0 aromatic carbocycles. The van der Waals surface area contributed by atoms with E-state index in [0.29, 0.717) is 31.0 Å². The topological polar surface area (TPSA) is 107 Å². The van der Waals surface area contributed by atoms with Crippen LogP contribution in [-0.2, 0) is 18.9 Å². The van der Waals surface area contributed by atoms with Crippen LogP contribution >= 0.6 is 0 Å². The summed E-state index contributed by atoms with van der Waals surface area (Å²) in [6, 6.07) is 0.0510. The van der Waals surface area contributed by atoms with Gasteiger partial charge in [0.2, 0.25) is 0 Å². The average Bonchev–Trinajstić information content (AvgIpc) is 3.28. The highest BCUT2D eigenvalue weighted by atomic mass is 16.6. The number of hydrogen-bond donors (Lipinski definition) is 2.